The molecule has 2 aromatic carbocycles. The van der Waals surface area contributed by atoms with Crippen LogP contribution in [0.4, 0.5) is 5.69 Å². The van der Waals surface area contributed by atoms with Crippen molar-refractivity contribution in [3.05, 3.63) is 76.5 Å². The number of ether oxygens (including phenoxy) is 2. The number of thiophene rings is 1. The summed E-state index contributed by atoms with van der Waals surface area (Å²) in [5.74, 6) is 1.49. The largest absolute Gasteiger partial charge is 0.492 e. The van der Waals surface area contributed by atoms with Crippen molar-refractivity contribution < 1.29 is 14.3 Å². The first-order valence-electron chi connectivity index (χ1n) is 11.2. The number of benzene rings is 2. The molecule has 34 heavy (non-hydrogen) atoms. The molecule has 0 aliphatic carbocycles. The molecule has 5 nitrogen and oxygen atoms in total. The third-order valence-corrected chi connectivity index (χ3v) is 6.55. The topological polar surface area (TPSA) is 42.0 Å². The molecule has 180 valence electrons. The summed E-state index contributed by atoms with van der Waals surface area (Å²) in [6, 6.07) is 17.6. The smallest absolute Gasteiger partial charge is 0.269 e. The standard InChI is InChI=1S/C27H32N2O3S2/c1-27(2,3)21-9-11-23(12-10-21)32-26(33)29(5)22-7-6-8-24(18-22)31-15-14-28(4)25(30)17-20-13-16-34-19-20/h6-13,16,18-19H,14-15,17H2,1-5H3. The summed E-state index contributed by atoms with van der Waals surface area (Å²) in [6.07, 6.45) is 0.413. The van der Waals surface area contributed by atoms with Crippen LogP contribution in [0.1, 0.15) is 31.9 Å². The van der Waals surface area contributed by atoms with Crippen LogP contribution in [0.25, 0.3) is 0 Å². The Morgan fingerprint density at radius 1 is 1.03 bits per heavy atom. The van der Waals surface area contributed by atoms with Gasteiger partial charge in [-0.05, 0) is 69.9 Å². The Morgan fingerprint density at radius 2 is 1.76 bits per heavy atom. The van der Waals surface area contributed by atoms with Crippen LogP contribution in [0, 0.1) is 0 Å². The van der Waals surface area contributed by atoms with Gasteiger partial charge >= 0.3 is 0 Å². The van der Waals surface area contributed by atoms with Gasteiger partial charge < -0.3 is 19.3 Å². The minimum Gasteiger partial charge on any atom is -0.492 e. The van der Waals surface area contributed by atoms with Gasteiger partial charge in [-0.3, -0.25) is 4.79 Å². The summed E-state index contributed by atoms with van der Waals surface area (Å²) < 4.78 is 11.8. The fourth-order valence-corrected chi connectivity index (χ4v) is 4.08. The van der Waals surface area contributed by atoms with E-state index in [-0.39, 0.29) is 11.3 Å². The summed E-state index contributed by atoms with van der Waals surface area (Å²) in [5.41, 5.74) is 3.22. The van der Waals surface area contributed by atoms with Crippen molar-refractivity contribution >= 4 is 40.3 Å². The zero-order chi connectivity index (χ0) is 24.7. The van der Waals surface area contributed by atoms with Crippen molar-refractivity contribution in [2.75, 3.05) is 32.1 Å². The van der Waals surface area contributed by atoms with Crippen molar-refractivity contribution in [1.29, 1.82) is 0 Å². The van der Waals surface area contributed by atoms with Crippen LogP contribution in [-0.2, 0) is 16.6 Å². The Bertz CT molecular complexity index is 1090. The monoisotopic (exact) mass is 496 g/mol. The number of carbonyl (C=O) groups excluding carboxylic acids is 1. The fourth-order valence-electron chi connectivity index (χ4n) is 3.21. The Morgan fingerprint density at radius 3 is 2.41 bits per heavy atom. The second-order valence-corrected chi connectivity index (χ2v) is 10.3. The predicted molar refractivity (Wildman–Crippen MR) is 144 cm³/mol. The summed E-state index contributed by atoms with van der Waals surface area (Å²) in [6.45, 7) is 7.45. The van der Waals surface area contributed by atoms with Gasteiger partial charge in [-0.2, -0.15) is 11.3 Å². The predicted octanol–water partition coefficient (Wildman–Crippen LogP) is 5.93. The minimum atomic E-state index is 0.0773. The number of hydrogen-bond acceptors (Lipinski definition) is 5. The average molecular weight is 497 g/mol. The lowest BCUT2D eigenvalue weighted by Gasteiger charge is -2.22. The number of hydrogen-bond donors (Lipinski definition) is 0. The number of likely N-dealkylation sites (N-methyl/N-ethyl adjacent to an activating group) is 1. The van der Waals surface area contributed by atoms with Crippen molar-refractivity contribution in [2.24, 2.45) is 0 Å². The fraction of sp³-hybridized carbons (Fsp3) is 0.333. The van der Waals surface area contributed by atoms with Gasteiger partial charge in [0, 0.05) is 25.8 Å². The number of thiocarbonyl (C=S) groups is 1. The minimum absolute atomic E-state index is 0.0773. The van der Waals surface area contributed by atoms with Crippen LogP contribution in [-0.4, -0.2) is 43.2 Å². The van der Waals surface area contributed by atoms with Gasteiger partial charge in [0.05, 0.1) is 13.0 Å². The molecule has 3 aromatic rings. The number of rotatable bonds is 8. The summed E-state index contributed by atoms with van der Waals surface area (Å²) in [4.78, 5) is 15.8. The second-order valence-electron chi connectivity index (χ2n) is 9.17. The molecule has 0 aliphatic rings. The third kappa shape index (κ3) is 7.30. The van der Waals surface area contributed by atoms with E-state index in [0.717, 1.165) is 11.3 Å². The van der Waals surface area contributed by atoms with Crippen LogP contribution < -0.4 is 14.4 Å². The van der Waals surface area contributed by atoms with Crippen LogP contribution in [0.5, 0.6) is 11.5 Å². The highest BCUT2D eigenvalue weighted by Crippen LogP contribution is 2.25. The number of carbonyl (C=O) groups is 1. The maximum atomic E-state index is 12.3. The Balaban J connectivity index is 1.51. The normalized spacial score (nSPS) is 11.1. The number of anilines is 1. The maximum absolute atomic E-state index is 12.3. The van der Waals surface area contributed by atoms with E-state index in [0.29, 0.717) is 36.2 Å². The first-order valence-corrected chi connectivity index (χ1v) is 12.5. The lowest BCUT2D eigenvalue weighted by Crippen LogP contribution is -2.32. The second kappa shape index (κ2) is 11.5. The lowest BCUT2D eigenvalue weighted by molar-refractivity contribution is -0.129. The zero-order valence-corrected chi connectivity index (χ0v) is 22.0. The summed E-state index contributed by atoms with van der Waals surface area (Å²) in [7, 11) is 3.66. The molecule has 0 saturated carbocycles. The van der Waals surface area contributed by atoms with Crippen molar-refractivity contribution in [2.45, 2.75) is 32.6 Å². The zero-order valence-electron chi connectivity index (χ0n) is 20.4. The van der Waals surface area contributed by atoms with Gasteiger partial charge in [0.25, 0.3) is 5.17 Å². The highest BCUT2D eigenvalue weighted by molar-refractivity contribution is 7.80. The maximum Gasteiger partial charge on any atom is 0.269 e. The molecule has 0 bridgehead atoms. The molecule has 0 fully saturated rings. The van der Waals surface area contributed by atoms with Crippen molar-refractivity contribution in [3.63, 3.8) is 0 Å². The summed E-state index contributed by atoms with van der Waals surface area (Å²) >= 11 is 7.11. The molecular weight excluding hydrogens is 464 g/mol. The lowest BCUT2D eigenvalue weighted by atomic mass is 9.87. The van der Waals surface area contributed by atoms with E-state index in [4.69, 9.17) is 21.7 Å². The van der Waals surface area contributed by atoms with Gasteiger partial charge in [-0.15, -0.1) is 0 Å². The van der Waals surface area contributed by atoms with Crippen LogP contribution in [0.15, 0.2) is 65.4 Å². The van der Waals surface area contributed by atoms with Gasteiger partial charge in [0.15, 0.2) is 0 Å². The molecule has 0 N–H and O–H groups in total. The first-order chi connectivity index (χ1) is 16.1. The van der Waals surface area contributed by atoms with E-state index in [1.807, 2.05) is 60.3 Å². The SMILES string of the molecule is CN(CCOc1cccc(N(C)C(=S)Oc2ccc(C(C)(C)C)cc2)c1)C(=O)Cc1ccsc1. The quantitative estimate of drug-likeness (QED) is 0.362. The Kier molecular flexibility index (Phi) is 8.69. The molecule has 0 aliphatic heterocycles. The molecular formula is C27H32N2O3S2. The molecule has 0 unspecified atom stereocenters. The van der Waals surface area contributed by atoms with Crippen LogP contribution in [0.3, 0.4) is 0 Å². The van der Waals surface area contributed by atoms with Gasteiger partial charge in [0.2, 0.25) is 5.91 Å². The average Bonchev–Trinajstić information content (AvgIpc) is 3.31. The molecule has 0 saturated heterocycles. The van der Waals surface area contributed by atoms with E-state index in [1.165, 1.54) is 5.56 Å². The van der Waals surface area contributed by atoms with Gasteiger partial charge in [-0.1, -0.05) is 39.0 Å². The Labute approximate surface area is 211 Å². The van der Waals surface area contributed by atoms with Crippen molar-refractivity contribution in [3.8, 4) is 11.5 Å². The van der Waals surface area contributed by atoms with Crippen LogP contribution in [0.2, 0.25) is 0 Å². The molecule has 0 radical (unpaired) electrons. The van der Waals surface area contributed by atoms with E-state index < -0.39 is 0 Å². The molecule has 1 aromatic heterocycles. The Hall–Kier alpha value is -2.90. The molecule has 0 spiro atoms. The summed E-state index contributed by atoms with van der Waals surface area (Å²) in [5, 5.41) is 4.33. The third-order valence-electron chi connectivity index (χ3n) is 5.46. The van der Waals surface area contributed by atoms with Gasteiger partial charge in [0.1, 0.15) is 18.1 Å². The van der Waals surface area contributed by atoms with E-state index in [1.54, 1.807) is 28.2 Å². The molecule has 3 rings (SSSR count). The number of nitrogens with zero attached hydrogens (tertiary/aromatic N) is 2. The van der Waals surface area contributed by atoms with Crippen LogP contribution >= 0.6 is 23.6 Å². The highest BCUT2D eigenvalue weighted by Gasteiger charge is 2.15. The van der Waals surface area contributed by atoms with E-state index in [9.17, 15) is 4.79 Å². The molecule has 1 heterocycles. The first kappa shape index (κ1) is 25.7. The number of amides is 1. The van der Waals surface area contributed by atoms with Crippen molar-refractivity contribution in [1.82, 2.24) is 4.90 Å². The molecule has 7 heteroatoms. The van der Waals surface area contributed by atoms with E-state index >= 15 is 0 Å². The van der Waals surface area contributed by atoms with Gasteiger partial charge in [-0.25, -0.2) is 0 Å². The molecule has 0 atom stereocenters. The molecule has 1 amide bonds. The van der Waals surface area contributed by atoms with E-state index in [2.05, 4.69) is 32.9 Å². The highest BCUT2D eigenvalue weighted by atomic mass is 32.1.